The summed E-state index contributed by atoms with van der Waals surface area (Å²) in [5, 5.41) is 7.19. The largest absolute Gasteiger partial charge is 0.487 e. The lowest BCUT2D eigenvalue weighted by molar-refractivity contribution is 0.0396. The molecule has 2 fully saturated rings. The second-order valence-electron chi connectivity index (χ2n) is 9.34. The van der Waals surface area contributed by atoms with Crippen molar-refractivity contribution in [2.24, 2.45) is 4.99 Å². The Labute approximate surface area is 214 Å². The molecule has 2 N–H and O–H groups in total. The third-order valence-electron chi connectivity index (χ3n) is 7.03. The Hall–Kier alpha value is -2.03. The van der Waals surface area contributed by atoms with Gasteiger partial charge < -0.3 is 20.3 Å². The van der Waals surface area contributed by atoms with E-state index in [-0.39, 0.29) is 35.6 Å². The molecule has 1 aromatic heterocycles. The van der Waals surface area contributed by atoms with E-state index in [1.165, 1.54) is 36.8 Å². The molecule has 2 aromatic rings. The summed E-state index contributed by atoms with van der Waals surface area (Å²) < 4.78 is 6.53. The van der Waals surface area contributed by atoms with E-state index in [2.05, 4.69) is 63.8 Å². The van der Waals surface area contributed by atoms with Crippen LogP contribution in [0.1, 0.15) is 69.0 Å². The Kier molecular flexibility index (Phi) is 7.98. The Morgan fingerprint density at radius 3 is 2.73 bits per heavy atom. The van der Waals surface area contributed by atoms with Crippen LogP contribution in [0.4, 0.5) is 5.82 Å². The van der Waals surface area contributed by atoms with Crippen LogP contribution >= 0.6 is 24.0 Å². The van der Waals surface area contributed by atoms with E-state index in [0.717, 1.165) is 56.4 Å². The van der Waals surface area contributed by atoms with Crippen LogP contribution in [0.5, 0.6) is 5.75 Å². The monoisotopic (exact) mass is 561 g/mol. The summed E-state index contributed by atoms with van der Waals surface area (Å²) in [6.07, 6.45) is 10.2. The molecular weight excluding hydrogens is 525 g/mol. The summed E-state index contributed by atoms with van der Waals surface area (Å²) in [4.78, 5) is 11.9. The lowest BCUT2D eigenvalue weighted by Crippen LogP contribution is -2.46. The zero-order valence-electron chi connectivity index (χ0n) is 19.6. The number of fused-ring (bicyclic) bond motifs is 1. The summed E-state index contributed by atoms with van der Waals surface area (Å²) >= 11 is 0. The molecule has 6 nitrogen and oxygen atoms in total. The predicted octanol–water partition coefficient (Wildman–Crippen LogP) is 5.19. The zero-order chi connectivity index (χ0) is 21.8. The number of anilines is 1. The molecule has 1 saturated heterocycles. The van der Waals surface area contributed by atoms with Gasteiger partial charge >= 0.3 is 0 Å². The molecule has 1 unspecified atom stereocenters. The molecule has 3 heterocycles. The van der Waals surface area contributed by atoms with Crippen LogP contribution in [0.3, 0.4) is 0 Å². The number of nitrogens with zero attached hydrogens (tertiary/aromatic N) is 3. The topological polar surface area (TPSA) is 61.8 Å². The van der Waals surface area contributed by atoms with Crippen LogP contribution in [0, 0.1) is 0 Å². The summed E-state index contributed by atoms with van der Waals surface area (Å²) in [5.74, 6) is 2.97. The second-order valence-corrected chi connectivity index (χ2v) is 9.34. The quantitative estimate of drug-likeness (QED) is 0.299. The molecule has 2 aliphatic heterocycles. The highest BCUT2D eigenvalue weighted by Gasteiger charge is 2.43. The number of aliphatic imine (C=N–C) groups is 1. The van der Waals surface area contributed by atoms with Gasteiger partial charge in [0.05, 0.1) is 12.6 Å². The van der Waals surface area contributed by atoms with E-state index in [4.69, 9.17) is 9.73 Å². The minimum Gasteiger partial charge on any atom is -0.487 e. The van der Waals surface area contributed by atoms with Gasteiger partial charge in [0.25, 0.3) is 0 Å². The molecule has 0 amide bonds. The average Bonchev–Trinajstić information content (AvgIpc) is 3.51. The Bertz CT molecular complexity index is 953. The minimum atomic E-state index is -0.0287. The number of rotatable bonds is 5. The lowest BCUT2D eigenvalue weighted by atomic mass is 9.86. The molecule has 7 heteroatoms. The van der Waals surface area contributed by atoms with Gasteiger partial charge in [-0.25, -0.2) is 9.98 Å². The molecule has 0 radical (unpaired) electrons. The van der Waals surface area contributed by atoms with Crippen molar-refractivity contribution in [3.63, 3.8) is 0 Å². The number of guanidine groups is 1. The number of benzene rings is 1. The molecule has 3 aliphatic rings. The van der Waals surface area contributed by atoms with Crippen molar-refractivity contribution in [3.8, 4) is 5.75 Å². The Balaban J connectivity index is 0.00000259. The highest BCUT2D eigenvalue weighted by Crippen LogP contribution is 2.46. The third kappa shape index (κ3) is 5.55. The first kappa shape index (κ1) is 24.1. The smallest absolute Gasteiger partial charge is 0.192 e. The van der Waals surface area contributed by atoms with Crippen molar-refractivity contribution >= 4 is 35.8 Å². The standard InChI is InChI=1S/C26H35N5O.HI/c1-2-27-25(29-19-20-11-14-28-24(17-20)31-15-7-8-16-31)30-22-18-26(12-5-6-13-26)32-23-10-4-3-9-21(22)23;/h3-4,9-11,14,17,22H,2,5-8,12-13,15-16,18-19H2,1H3,(H2,27,29,30);1H. The highest BCUT2D eigenvalue weighted by atomic mass is 127. The third-order valence-corrected chi connectivity index (χ3v) is 7.03. The van der Waals surface area contributed by atoms with Gasteiger partial charge in [-0.05, 0) is 69.2 Å². The summed E-state index contributed by atoms with van der Waals surface area (Å²) in [7, 11) is 0. The number of hydrogen-bond acceptors (Lipinski definition) is 4. The first-order valence-electron chi connectivity index (χ1n) is 12.3. The Morgan fingerprint density at radius 2 is 1.94 bits per heavy atom. The molecule has 1 atom stereocenters. The first-order valence-corrected chi connectivity index (χ1v) is 12.3. The van der Waals surface area contributed by atoms with Gasteiger partial charge in [0.2, 0.25) is 0 Å². The number of halogens is 1. The predicted molar refractivity (Wildman–Crippen MR) is 145 cm³/mol. The van der Waals surface area contributed by atoms with Crippen LogP contribution in [0.2, 0.25) is 0 Å². The second kappa shape index (κ2) is 10.9. The fourth-order valence-corrected chi connectivity index (χ4v) is 5.41. The van der Waals surface area contributed by atoms with Crippen LogP contribution in [-0.2, 0) is 6.54 Å². The summed E-state index contributed by atoms with van der Waals surface area (Å²) in [6, 6.07) is 12.9. The van der Waals surface area contributed by atoms with Crippen molar-refractivity contribution in [1.82, 2.24) is 15.6 Å². The molecule has 33 heavy (non-hydrogen) atoms. The summed E-state index contributed by atoms with van der Waals surface area (Å²) in [6.45, 7) is 5.79. The van der Waals surface area contributed by atoms with Crippen LogP contribution in [0.25, 0.3) is 0 Å². The molecule has 1 aromatic carbocycles. The maximum Gasteiger partial charge on any atom is 0.192 e. The van der Waals surface area contributed by atoms with E-state index in [9.17, 15) is 0 Å². The maximum absolute atomic E-state index is 6.53. The van der Waals surface area contributed by atoms with E-state index in [1.807, 2.05) is 6.20 Å². The van der Waals surface area contributed by atoms with Gasteiger partial charge in [-0.1, -0.05) is 18.2 Å². The minimum absolute atomic E-state index is 0. The number of ether oxygens (including phenoxy) is 1. The van der Waals surface area contributed by atoms with Crippen LogP contribution in [0.15, 0.2) is 47.6 Å². The number of aromatic nitrogens is 1. The van der Waals surface area contributed by atoms with Gasteiger partial charge in [-0.15, -0.1) is 24.0 Å². The number of para-hydroxylation sites is 1. The molecule has 0 bridgehead atoms. The van der Waals surface area contributed by atoms with Crippen molar-refractivity contribution in [3.05, 3.63) is 53.7 Å². The van der Waals surface area contributed by atoms with E-state index in [1.54, 1.807) is 0 Å². The normalized spacial score (nSPS) is 21.3. The van der Waals surface area contributed by atoms with E-state index < -0.39 is 0 Å². The SMILES string of the molecule is CCNC(=NCc1ccnc(N2CCCC2)c1)NC1CC2(CCCC2)Oc2ccccc21.I. The van der Waals surface area contributed by atoms with Gasteiger partial charge in [0.1, 0.15) is 17.2 Å². The maximum atomic E-state index is 6.53. The van der Waals surface area contributed by atoms with Crippen molar-refractivity contribution in [2.75, 3.05) is 24.5 Å². The first-order chi connectivity index (χ1) is 15.7. The van der Waals surface area contributed by atoms with Crippen molar-refractivity contribution in [2.45, 2.75) is 70.1 Å². The van der Waals surface area contributed by atoms with E-state index >= 15 is 0 Å². The van der Waals surface area contributed by atoms with Crippen LogP contribution < -0.4 is 20.3 Å². The van der Waals surface area contributed by atoms with Crippen LogP contribution in [-0.4, -0.2) is 36.2 Å². The van der Waals surface area contributed by atoms with Gasteiger partial charge in [-0.2, -0.15) is 0 Å². The van der Waals surface area contributed by atoms with Gasteiger partial charge in [0.15, 0.2) is 5.96 Å². The molecule has 5 rings (SSSR count). The number of hydrogen-bond donors (Lipinski definition) is 2. The van der Waals surface area contributed by atoms with Crippen molar-refractivity contribution in [1.29, 1.82) is 0 Å². The molecular formula is C26H36IN5O. The average molecular weight is 562 g/mol. The zero-order valence-corrected chi connectivity index (χ0v) is 21.9. The van der Waals surface area contributed by atoms with Gasteiger partial charge in [-0.3, -0.25) is 0 Å². The fourth-order valence-electron chi connectivity index (χ4n) is 5.41. The van der Waals surface area contributed by atoms with Crippen molar-refractivity contribution < 1.29 is 4.74 Å². The Morgan fingerprint density at radius 1 is 1.15 bits per heavy atom. The number of nitrogens with one attached hydrogen (secondary N) is 2. The highest BCUT2D eigenvalue weighted by molar-refractivity contribution is 14.0. The molecule has 1 aliphatic carbocycles. The summed E-state index contributed by atoms with van der Waals surface area (Å²) in [5.41, 5.74) is 2.40. The molecule has 1 saturated carbocycles. The molecule has 1 spiro atoms. The van der Waals surface area contributed by atoms with E-state index in [0.29, 0.717) is 6.54 Å². The fraction of sp³-hybridized carbons (Fsp3) is 0.538. The number of pyridine rings is 1. The van der Waals surface area contributed by atoms with Gasteiger partial charge in [0, 0.05) is 37.8 Å². The molecule has 178 valence electrons. The lowest BCUT2D eigenvalue weighted by Gasteiger charge is -2.40.